The first-order chi connectivity index (χ1) is 7.27. The number of thiazole rings is 1. The molecule has 2 rings (SSSR count). The SMILES string of the molecule is NC(=O)c1csc(C2=CCCCCC2)n1. The van der Waals surface area contributed by atoms with Gasteiger partial charge in [0.25, 0.3) is 5.91 Å². The van der Waals surface area contributed by atoms with Gasteiger partial charge in [-0.25, -0.2) is 4.98 Å². The predicted molar refractivity (Wildman–Crippen MR) is 61.7 cm³/mol. The van der Waals surface area contributed by atoms with Gasteiger partial charge in [0.15, 0.2) is 0 Å². The van der Waals surface area contributed by atoms with Crippen LogP contribution in [0.25, 0.3) is 5.57 Å². The van der Waals surface area contributed by atoms with Crippen LogP contribution in [-0.4, -0.2) is 10.9 Å². The molecule has 15 heavy (non-hydrogen) atoms. The van der Waals surface area contributed by atoms with Gasteiger partial charge in [-0.1, -0.05) is 12.5 Å². The van der Waals surface area contributed by atoms with Crippen LogP contribution in [0.3, 0.4) is 0 Å². The standard InChI is InChI=1S/C11H14N2OS/c12-10(14)9-7-15-11(13-9)8-5-3-1-2-4-6-8/h5,7H,1-4,6H2,(H2,12,14). The minimum absolute atomic E-state index is 0.389. The second-order valence-electron chi connectivity index (χ2n) is 3.73. The van der Waals surface area contributed by atoms with Gasteiger partial charge in [-0.05, 0) is 31.3 Å². The quantitative estimate of drug-likeness (QED) is 0.836. The molecule has 0 radical (unpaired) electrons. The van der Waals surface area contributed by atoms with Gasteiger partial charge in [0.1, 0.15) is 10.7 Å². The molecule has 0 aromatic carbocycles. The molecule has 0 fully saturated rings. The Bertz CT molecular complexity index is 395. The Kier molecular flexibility index (Phi) is 3.16. The summed E-state index contributed by atoms with van der Waals surface area (Å²) in [5.74, 6) is -0.438. The Morgan fingerprint density at radius 2 is 2.27 bits per heavy atom. The number of allylic oxidation sites excluding steroid dienone is 2. The molecule has 1 aromatic heterocycles. The summed E-state index contributed by atoms with van der Waals surface area (Å²) in [4.78, 5) is 15.2. The fourth-order valence-electron chi connectivity index (χ4n) is 1.74. The van der Waals surface area contributed by atoms with Crippen LogP contribution in [0.2, 0.25) is 0 Å². The molecule has 3 nitrogen and oxygen atoms in total. The normalized spacial score (nSPS) is 16.9. The fraction of sp³-hybridized carbons (Fsp3) is 0.455. The average Bonchev–Trinajstić information content (AvgIpc) is 2.55. The number of rotatable bonds is 2. The maximum absolute atomic E-state index is 10.9. The number of aromatic nitrogens is 1. The number of nitrogens with two attached hydrogens (primary N) is 1. The molecule has 0 saturated carbocycles. The van der Waals surface area contributed by atoms with Crippen LogP contribution in [0, 0.1) is 0 Å². The predicted octanol–water partition coefficient (Wildman–Crippen LogP) is 2.59. The van der Waals surface area contributed by atoms with Gasteiger partial charge in [0, 0.05) is 5.38 Å². The fourth-order valence-corrected chi connectivity index (χ4v) is 2.62. The molecule has 2 N–H and O–H groups in total. The van der Waals surface area contributed by atoms with E-state index in [1.807, 2.05) is 0 Å². The summed E-state index contributed by atoms with van der Waals surface area (Å²) in [6.45, 7) is 0. The van der Waals surface area contributed by atoms with Gasteiger partial charge in [-0.15, -0.1) is 11.3 Å². The van der Waals surface area contributed by atoms with Crippen molar-refractivity contribution in [2.24, 2.45) is 5.73 Å². The van der Waals surface area contributed by atoms with Crippen molar-refractivity contribution in [2.45, 2.75) is 32.1 Å². The molecule has 0 atom stereocenters. The van der Waals surface area contributed by atoms with Crippen molar-refractivity contribution in [1.82, 2.24) is 4.98 Å². The largest absolute Gasteiger partial charge is 0.364 e. The summed E-state index contributed by atoms with van der Waals surface area (Å²) >= 11 is 1.51. The summed E-state index contributed by atoms with van der Waals surface area (Å²) in [6, 6.07) is 0. The highest BCUT2D eigenvalue weighted by atomic mass is 32.1. The van der Waals surface area contributed by atoms with E-state index >= 15 is 0 Å². The second-order valence-corrected chi connectivity index (χ2v) is 4.59. The highest BCUT2D eigenvalue weighted by Gasteiger charge is 2.11. The summed E-state index contributed by atoms with van der Waals surface area (Å²) < 4.78 is 0. The number of carbonyl (C=O) groups excluding carboxylic acids is 1. The molecule has 0 aliphatic heterocycles. The molecule has 0 saturated heterocycles. The lowest BCUT2D eigenvalue weighted by molar-refractivity contribution is 0.0996. The van der Waals surface area contributed by atoms with Crippen molar-refractivity contribution < 1.29 is 4.79 Å². The average molecular weight is 222 g/mol. The Hall–Kier alpha value is -1.16. The zero-order valence-corrected chi connectivity index (χ0v) is 9.35. The molecule has 80 valence electrons. The Balaban J connectivity index is 2.20. The minimum atomic E-state index is -0.438. The van der Waals surface area contributed by atoms with Crippen molar-refractivity contribution in [1.29, 1.82) is 0 Å². The van der Waals surface area contributed by atoms with Crippen LogP contribution in [-0.2, 0) is 0 Å². The number of primary amides is 1. The topological polar surface area (TPSA) is 56.0 Å². The number of hydrogen-bond donors (Lipinski definition) is 1. The maximum atomic E-state index is 10.9. The first-order valence-electron chi connectivity index (χ1n) is 5.22. The van der Waals surface area contributed by atoms with E-state index in [2.05, 4.69) is 11.1 Å². The third-order valence-corrected chi connectivity index (χ3v) is 3.49. The molecule has 1 aliphatic carbocycles. The van der Waals surface area contributed by atoms with E-state index in [-0.39, 0.29) is 0 Å². The molecule has 4 heteroatoms. The Morgan fingerprint density at radius 3 is 3.00 bits per heavy atom. The molecular formula is C11H14N2OS. The summed E-state index contributed by atoms with van der Waals surface area (Å²) in [6.07, 6.45) is 8.21. The number of hydrogen-bond acceptors (Lipinski definition) is 3. The van der Waals surface area contributed by atoms with E-state index in [1.165, 1.54) is 36.2 Å². The van der Waals surface area contributed by atoms with Crippen LogP contribution in [0.4, 0.5) is 0 Å². The van der Waals surface area contributed by atoms with E-state index in [4.69, 9.17) is 5.73 Å². The van der Waals surface area contributed by atoms with Crippen molar-refractivity contribution >= 4 is 22.8 Å². The van der Waals surface area contributed by atoms with E-state index < -0.39 is 5.91 Å². The highest BCUT2D eigenvalue weighted by Crippen LogP contribution is 2.28. The first-order valence-corrected chi connectivity index (χ1v) is 6.10. The van der Waals surface area contributed by atoms with Crippen molar-refractivity contribution in [3.05, 3.63) is 22.2 Å². The number of nitrogens with zero attached hydrogens (tertiary/aromatic N) is 1. The van der Waals surface area contributed by atoms with Crippen LogP contribution in [0.5, 0.6) is 0 Å². The molecule has 1 heterocycles. The Morgan fingerprint density at radius 1 is 1.40 bits per heavy atom. The highest BCUT2D eigenvalue weighted by molar-refractivity contribution is 7.11. The van der Waals surface area contributed by atoms with Gasteiger partial charge >= 0.3 is 0 Å². The van der Waals surface area contributed by atoms with E-state index in [9.17, 15) is 4.79 Å². The molecular weight excluding hydrogens is 208 g/mol. The molecule has 1 amide bonds. The van der Waals surface area contributed by atoms with Gasteiger partial charge < -0.3 is 5.73 Å². The van der Waals surface area contributed by atoms with Gasteiger partial charge in [-0.3, -0.25) is 4.79 Å². The third kappa shape index (κ3) is 2.45. The molecule has 1 aromatic rings. The second kappa shape index (κ2) is 4.57. The van der Waals surface area contributed by atoms with Crippen LogP contribution in [0.15, 0.2) is 11.5 Å². The van der Waals surface area contributed by atoms with Gasteiger partial charge in [0.05, 0.1) is 0 Å². The molecule has 0 spiro atoms. The van der Waals surface area contributed by atoms with Crippen molar-refractivity contribution in [3.8, 4) is 0 Å². The summed E-state index contributed by atoms with van der Waals surface area (Å²) in [7, 11) is 0. The van der Waals surface area contributed by atoms with Crippen LogP contribution < -0.4 is 5.73 Å². The van der Waals surface area contributed by atoms with E-state index in [1.54, 1.807) is 5.38 Å². The lowest BCUT2D eigenvalue weighted by atomic mass is 10.1. The Labute approximate surface area is 93.0 Å². The summed E-state index contributed by atoms with van der Waals surface area (Å²) in [5.41, 5.74) is 6.84. The zero-order valence-electron chi connectivity index (χ0n) is 8.53. The van der Waals surface area contributed by atoms with E-state index in [0.717, 1.165) is 17.8 Å². The molecule has 0 unspecified atom stereocenters. The lowest BCUT2D eigenvalue weighted by Crippen LogP contribution is -2.11. The van der Waals surface area contributed by atoms with Crippen molar-refractivity contribution in [2.75, 3.05) is 0 Å². The zero-order chi connectivity index (χ0) is 10.7. The molecule has 1 aliphatic rings. The molecule has 0 bridgehead atoms. The number of carbonyl (C=O) groups is 1. The number of amides is 1. The minimum Gasteiger partial charge on any atom is -0.364 e. The van der Waals surface area contributed by atoms with Gasteiger partial charge in [0.2, 0.25) is 0 Å². The smallest absolute Gasteiger partial charge is 0.268 e. The summed E-state index contributed by atoms with van der Waals surface area (Å²) in [5, 5.41) is 2.70. The van der Waals surface area contributed by atoms with Crippen LogP contribution in [0.1, 0.15) is 47.6 Å². The van der Waals surface area contributed by atoms with Crippen LogP contribution >= 0.6 is 11.3 Å². The van der Waals surface area contributed by atoms with Crippen molar-refractivity contribution in [3.63, 3.8) is 0 Å². The first kappa shape index (κ1) is 10.4. The monoisotopic (exact) mass is 222 g/mol. The third-order valence-electron chi connectivity index (χ3n) is 2.57. The van der Waals surface area contributed by atoms with Gasteiger partial charge in [-0.2, -0.15) is 0 Å². The lowest BCUT2D eigenvalue weighted by Gasteiger charge is -1.99. The maximum Gasteiger partial charge on any atom is 0.268 e. The van der Waals surface area contributed by atoms with E-state index in [0.29, 0.717) is 5.69 Å².